The van der Waals surface area contributed by atoms with Crippen LogP contribution in [0.2, 0.25) is 13.1 Å². The molecule has 2 aromatic rings. The zero-order valence-electron chi connectivity index (χ0n) is 9.90. The Morgan fingerprint density at radius 3 is 2.19 bits per heavy atom. The van der Waals surface area contributed by atoms with Crippen LogP contribution in [0.3, 0.4) is 0 Å². The number of hydrogen-bond donors (Lipinski definition) is 0. The second-order valence-electron chi connectivity index (χ2n) is 4.83. The Hall–Kier alpha value is -1.34. The quantitative estimate of drug-likeness (QED) is 0.704. The van der Waals surface area contributed by atoms with Crippen molar-refractivity contribution in [2.45, 2.75) is 19.1 Å². The number of benzene rings is 2. The molecule has 2 aromatic carbocycles. The molecule has 0 unspecified atom stereocenters. The standard InChI is InChI=1S/C15H17Si/c1-16(2,15-11-7-4-8-12-15)13-14-9-5-3-6-10-14/h3,5-12H,13H2,1-2H3. The fourth-order valence-electron chi connectivity index (χ4n) is 2.05. The molecule has 1 heteroatoms. The maximum atomic E-state index is 3.09. The summed E-state index contributed by atoms with van der Waals surface area (Å²) in [6, 6.07) is 23.6. The van der Waals surface area contributed by atoms with Gasteiger partial charge in [-0.2, -0.15) is 0 Å². The Bertz CT molecular complexity index is 432. The van der Waals surface area contributed by atoms with Crippen molar-refractivity contribution >= 4 is 13.3 Å². The van der Waals surface area contributed by atoms with Gasteiger partial charge < -0.3 is 0 Å². The lowest BCUT2D eigenvalue weighted by atomic mass is 10.2. The summed E-state index contributed by atoms with van der Waals surface area (Å²) in [5, 5.41) is 1.51. The zero-order chi connectivity index (χ0) is 11.4. The molecule has 0 aliphatic carbocycles. The maximum Gasteiger partial charge on any atom is 0.0849 e. The third-order valence-corrected chi connectivity index (χ3v) is 6.18. The first-order chi connectivity index (χ1) is 7.68. The predicted molar refractivity (Wildman–Crippen MR) is 72.5 cm³/mol. The van der Waals surface area contributed by atoms with E-state index in [1.165, 1.54) is 16.8 Å². The maximum absolute atomic E-state index is 3.09. The number of hydrogen-bond acceptors (Lipinski definition) is 0. The molecule has 0 saturated heterocycles. The smallest absolute Gasteiger partial charge is 0.0652 e. The van der Waals surface area contributed by atoms with Gasteiger partial charge in [-0.15, -0.1) is 0 Å². The SMILES string of the molecule is C[Si](C)(Cc1ccccc1)c1cc[c]cc1. The van der Waals surface area contributed by atoms with E-state index in [2.05, 4.69) is 61.6 Å². The van der Waals surface area contributed by atoms with E-state index in [4.69, 9.17) is 0 Å². The van der Waals surface area contributed by atoms with Gasteiger partial charge in [0.1, 0.15) is 0 Å². The molecule has 0 saturated carbocycles. The Balaban J connectivity index is 2.21. The molecule has 0 amide bonds. The van der Waals surface area contributed by atoms with Gasteiger partial charge in [-0.25, -0.2) is 0 Å². The van der Waals surface area contributed by atoms with E-state index in [1.807, 2.05) is 12.1 Å². The van der Waals surface area contributed by atoms with Gasteiger partial charge in [0, 0.05) is 0 Å². The normalized spacial score (nSPS) is 11.4. The highest BCUT2D eigenvalue weighted by molar-refractivity contribution is 6.89. The van der Waals surface area contributed by atoms with E-state index in [9.17, 15) is 0 Å². The van der Waals surface area contributed by atoms with Gasteiger partial charge in [0.2, 0.25) is 0 Å². The Morgan fingerprint density at radius 2 is 1.56 bits per heavy atom. The molecule has 0 heterocycles. The van der Waals surface area contributed by atoms with Crippen LogP contribution >= 0.6 is 0 Å². The van der Waals surface area contributed by atoms with Crippen LogP contribution in [-0.2, 0) is 6.04 Å². The first-order valence-electron chi connectivity index (χ1n) is 5.69. The summed E-state index contributed by atoms with van der Waals surface area (Å²) in [6.07, 6.45) is 0. The lowest BCUT2D eigenvalue weighted by molar-refractivity contribution is 1.32. The lowest BCUT2D eigenvalue weighted by Crippen LogP contribution is -2.43. The van der Waals surface area contributed by atoms with Gasteiger partial charge >= 0.3 is 0 Å². The van der Waals surface area contributed by atoms with Crippen molar-refractivity contribution in [1.29, 1.82) is 0 Å². The summed E-state index contributed by atoms with van der Waals surface area (Å²) in [5.74, 6) is 0. The van der Waals surface area contributed by atoms with Crippen LogP contribution in [-0.4, -0.2) is 8.07 Å². The van der Waals surface area contributed by atoms with Crippen LogP contribution < -0.4 is 5.19 Å². The second-order valence-corrected chi connectivity index (χ2v) is 9.53. The van der Waals surface area contributed by atoms with Gasteiger partial charge in [-0.1, -0.05) is 78.4 Å². The zero-order valence-corrected chi connectivity index (χ0v) is 10.9. The summed E-state index contributed by atoms with van der Waals surface area (Å²) in [5.41, 5.74) is 1.45. The molecule has 0 aromatic heterocycles. The minimum Gasteiger partial charge on any atom is -0.0652 e. The lowest BCUT2D eigenvalue weighted by Gasteiger charge is -2.23. The molecule has 0 aliphatic heterocycles. The van der Waals surface area contributed by atoms with Gasteiger partial charge in [0.25, 0.3) is 0 Å². The Morgan fingerprint density at radius 1 is 0.938 bits per heavy atom. The number of rotatable bonds is 3. The molecule has 0 N–H and O–H groups in total. The van der Waals surface area contributed by atoms with Crippen LogP contribution in [0.4, 0.5) is 0 Å². The Labute approximate surface area is 99.0 Å². The second kappa shape index (κ2) is 4.66. The molecular formula is C15H17Si. The molecule has 0 fully saturated rings. The van der Waals surface area contributed by atoms with Crippen LogP contribution in [0.1, 0.15) is 5.56 Å². The summed E-state index contributed by atoms with van der Waals surface area (Å²) < 4.78 is 0. The van der Waals surface area contributed by atoms with Crippen molar-refractivity contribution in [3.63, 3.8) is 0 Å². The van der Waals surface area contributed by atoms with E-state index in [0.717, 1.165) is 0 Å². The summed E-state index contributed by atoms with van der Waals surface area (Å²) in [6.45, 7) is 4.85. The van der Waals surface area contributed by atoms with Gasteiger partial charge in [-0.3, -0.25) is 0 Å². The van der Waals surface area contributed by atoms with Crippen molar-refractivity contribution in [2.75, 3.05) is 0 Å². The molecule has 0 atom stereocenters. The van der Waals surface area contributed by atoms with Gasteiger partial charge in [0.15, 0.2) is 0 Å². The molecule has 0 spiro atoms. The summed E-state index contributed by atoms with van der Waals surface area (Å²) in [4.78, 5) is 0. The van der Waals surface area contributed by atoms with Gasteiger partial charge in [-0.05, 0) is 12.1 Å². The molecule has 0 aliphatic rings. The van der Waals surface area contributed by atoms with Crippen molar-refractivity contribution in [3.8, 4) is 0 Å². The van der Waals surface area contributed by atoms with Crippen LogP contribution in [0.5, 0.6) is 0 Å². The molecule has 16 heavy (non-hydrogen) atoms. The Kier molecular flexibility index (Phi) is 3.25. The van der Waals surface area contributed by atoms with Crippen molar-refractivity contribution < 1.29 is 0 Å². The average Bonchev–Trinajstić information content (AvgIpc) is 2.31. The third kappa shape index (κ3) is 2.61. The predicted octanol–water partition coefficient (Wildman–Crippen LogP) is 3.18. The van der Waals surface area contributed by atoms with E-state index < -0.39 is 8.07 Å². The van der Waals surface area contributed by atoms with E-state index in [-0.39, 0.29) is 0 Å². The van der Waals surface area contributed by atoms with E-state index in [1.54, 1.807) is 0 Å². The fourth-order valence-corrected chi connectivity index (χ4v) is 4.58. The minimum atomic E-state index is -1.34. The molecule has 81 valence electrons. The first-order valence-corrected chi connectivity index (χ1v) is 8.90. The van der Waals surface area contributed by atoms with E-state index in [0.29, 0.717) is 0 Å². The molecule has 1 radical (unpaired) electrons. The van der Waals surface area contributed by atoms with Crippen LogP contribution in [0, 0.1) is 6.07 Å². The van der Waals surface area contributed by atoms with Crippen molar-refractivity contribution in [3.05, 3.63) is 66.2 Å². The minimum absolute atomic E-state index is 1.21. The topological polar surface area (TPSA) is 0 Å². The van der Waals surface area contributed by atoms with E-state index >= 15 is 0 Å². The average molecular weight is 225 g/mol. The highest BCUT2D eigenvalue weighted by Gasteiger charge is 2.23. The largest absolute Gasteiger partial charge is 0.0849 e. The van der Waals surface area contributed by atoms with Gasteiger partial charge in [0.05, 0.1) is 8.07 Å². The summed E-state index contributed by atoms with van der Waals surface area (Å²) >= 11 is 0. The fraction of sp³-hybridized carbons (Fsp3) is 0.200. The molecule has 0 bridgehead atoms. The van der Waals surface area contributed by atoms with Crippen molar-refractivity contribution in [1.82, 2.24) is 0 Å². The van der Waals surface area contributed by atoms with Crippen LogP contribution in [0.15, 0.2) is 54.6 Å². The highest BCUT2D eigenvalue weighted by atomic mass is 28.3. The summed E-state index contributed by atoms with van der Waals surface area (Å²) in [7, 11) is -1.34. The molecular weight excluding hydrogens is 208 g/mol. The first kappa shape index (κ1) is 11.2. The van der Waals surface area contributed by atoms with Crippen molar-refractivity contribution in [2.24, 2.45) is 0 Å². The monoisotopic (exact) mass is 225 g/mol. The van der Waals surface area contributed by atoms with Crippen LogP contribution in [0.25, 0.3) is 0 Å². The highest BCUT2D eigenvalue weighted by Crippen LogP contribution is 2.11. The molecule has 0 nitrogen and oxygen atoms in total. The third-order valence-electron chi connectivity index (χ3n) is 2.99. The molecule has 2 rings (SSSR count).